The number of ether oxygens (including phenoxy) is 1. The van der Waals surface area contributed by atoms with Crippen LogP contribution < -0.4 is 5.32 Å². The first-order valence-electron chi connectivity index (χ1n) is 5.94. The van der Waals surface area contributed by atoms with Crippen molar-refractivity contribution in [3.63, 3.8) is 0 Å². The van der Waals surface area contributed by atoms with Gasteiger partial charge in [-0.2, -0.15) is 4.31 Å². The Hall–Kier alpha value is -0.370. The highest BCUT2D eigenvalue weighted by Crippen LogP contribution is 2.13. The van der Waals surface area contributed by atoms with Crippen LogP contribution in [-0.4, -0.2) is 62.6 Å². The summed E-state index contributed by atoms with van der Waals surface area (Å²) >= 11 is 5.48. The van der Waals surface area contributed by atoms with Crippen LogP contribution in [0, 0.1) is 0 Å². The van der Waals surface area contributed by atoms with Crippen molar-refractivity contribution in [3.05, 3.63) is 0 Å². The number of hydrogen-bond donors (Lipinski definition) is 1. The van der Waals surface area contributed by atoms with Gasteiger partial charge in [-0.25, -0.2) is 8.42 Å². The lowest BCUT2D eigenvalue weighted by Crippen LogP contribution is -2.56. The Bertz CT molecular complexity index is 374. The highest BCUT2D eigenvalue weighted by atomic mass is 35.5. The average molecular weight is 299 g/mol. The molecule has 0 saturated carbocycles. The van der Waals surface area contributed by atoms with Gasteiger partial charge in [-0.1, -0.05) is 6.92 Å². The number of hydrogen-bond acceptors (Lipinski definition) is 4. The maximum absolute atomic E-state index is 12.0. The molecule has 0 spiro atoms. The number of alkyl halides is 1. The van der Waals surface area contributed by atoms with Crippen LogP contribution in [0.25, 0.3) is 0 Å². The van der Waals surface area contributed by atoms with Crippen molar-refractivity contribution in [1.29, 1.82) is 0 Å². The predicted molar refractivity (Wildman–Crippen MR) is 69.1 cm³/mol. The van der Waals surface area contributed by atoms with Gasteiger partial charge in [0.2, 0.25) is 15.9 Å². The molecule has 1 atom stereocenters. The van der Waals surface area contributed by atoms with Crippen molar-refractivity contribution in [2.45, 2.75) is 19.4 Å². The average Bonchev–Trinajstić information content (AvgIpc) is 2.36. The van der Waals surface area contributed by atoms with Gasteiger partial charge in [-0.3, -0.25) is 4.79 Å². The minimum atomic E-state index is -3.49. The summed E-state index contributed by atoms with van der Waals surface area (Å²) in [4.78, 5) is 11.9. The molecule has 1 heterocycles. The normalized spacial score (nSPS) is 21.8. The van der Waals surface area contributed by atoms with Gasteiger partial charge in [0.1, 0.15) is 6.04 Å². The molecule has 1 rings (SSSR count). The lowest BCUT2D eigenvalue weighted by atomic mass is 10.2. The van der Waals surface area contributed by atoms with Gasteiger partial charge in [-0.15, -0.1) is 11.6 Å². The fraction of sp³-hybridized carbons (Fsp3) is 0.900. The Morgan fingerprint density at radius 3 is 2.89 bits per heavy atom. The van der Waals surface area contributed by atoms with Crippen LogP contribution in [0.15, 0.2) is 0 Å². The third-order valence-corrected chi connectivity index (χ3v) is 4.91. The molecule has 1 saturated heterocycles. The fourth-order valence-electron chi connectivity index (χ4n) is 1.71. The lowest BCUT2D eigenvalue weighted by Gasteiger charge is -2.33. The maximum Gasteiger partial charge on any atom is 0.240 e. The summed E-state index contributed by atoms with van der Waals surface area (Å²) in [5, 5.41) is 2.69. The van der Waals surface area contributed by atoms with Gasteiger partial charge in [0.15, 0.2) is 0 Å². The van der Waals surface area contributed by atoms with Crippen LogP contribution in [0.4, 0.5) is 0 Å². The van der Waals surface area contributed by atoms with Gasteiger partial charge in [0.25, 0.3) is 0 Å². The summed E-state index contributed by atoms with van der Waals surface area (Å²) < 4.78 is 30.3. The summed E-state index contributed by atoms with van der Waals surface area (Å²) in [6.07, 6.45) is 0.799. The van der Waals surface area contributed by atoms with Crippen LogP contribution in [0.2, 0.25) is 0 Å². The number of halogens is 1. The van der Waals surface area contributed by atoms with E-state index in [0.29, 0.717) is 13.2 Å². The van der Waals surface area contributed by atoms with E-state index in [1.165, 1.54) is 4.31 Å². The number of rotatable bonds is 6. The zero-order valence-corrected chi connectivity index (χ0v) is 12.0. The number of sulfonamides is 1. The third-order valence-electron chi connectivity index (χ3n) is 2.62. The smallest absolute Gasteiger partial charge is 0.240 e. The summed E-state index contributed by atoms with van der Waals surface area (Å²) in [6.45, 7) is 3.05. The molecule has 8 heteroatoms. The maximum atomic E-state index is 12.0. The second kappa shape index (κ2) is 7.28. The molecule has 18 heavy (non-hydrogen) atoms. The standard InChI is InChI=1S/C10H19ClN2O4S/c1-2-4-12-10(14)9-8-17-6-5-13(9)18(15,16)7-3-11/h9H,2-8H2,1H3,(H,12,14). The van der Waals surface area contributed by atoms with E-state index >= 15 is 0 Å². The molecule has 1 aliphatic heterocycles. The van der Waals surface area contributed by atoms with Crippen LogP contribution in [0.3, 0.4) is 0 Å². The largest absolute Gasteiger partial charge is 0.378 e. The van der Waals surface area contributed by atoms with Gasteiger partial charge in [0, 0.05) is 19.0 Å². The highest BCUT2D eigenvalue weighted by Gasteiger charge is 2.36. The number of nitrogens with zero attached hydrogens (tertiary/aromatic N) is 1. The Kier molecular flexibility index (Phi) is 6.34. The molecule has 106 valence electrons. The molecule has 0 aromatic rings. The number of amides is 1. The quantitative estimate of drug-likeness (QED) is 0.688. The monoisotopic (exact) mass is 298 g/mol. The number of carbonyl (C=O) groups excluding carboxylic acids is 1. The number of carbonyl (C=O) groups is 1. The van der Waals surface area contributed by atoms with Crippen molar-refractivity contribution in [3.8, 4) is 0 Å². The molecular formula is C10H19ClN2O4S. The first-order valence-corrected chi connectivity index (χ1v) is 8.08. The molecule has 1 aliphatic rings. The van der Waals surface area contributed by atoms with E-state index < -0.39 is 16.1 Å². The van der Waals surface area contributed by atoms with Gasteiger partial charge in [0.05, 0.1) is 19.0 Å². The summed E-state index contributed by atoms with van der Waals surface area (Å²) in [5.41, 5.74) is 0. The second-order valence-electron chi connectivity index (χ2n) is 4.00. The summed E-state index contributed by atoms with van der Waals surface area (Å²) in [6, 6.07) is -0.779. The van der Waals surface area contributed by atoms with Crippen molar-refractivity contribution in [2.24, 2.45) is 0 Å². The fourth-order valence-corrected chi connectivity index (χ4v) is 3.62. The van der Waals surface area contributed by atoms with Crippen molar-refractivity contribution in [1.82, 2.24) is 9.62 Å². The summed E-state index contributed by atoms with van der Waals surface area (Å²) in [5.74, 6) is -0.454. The van der Waals surface area contributed by atoms with Crippen LogP contribution in [-0.2, 0) is 19.6 Å². The van der Waals surface area contributed by atoms with Gasteiger partial charge in [-0.05, 0) is 6.42 Å². The predicted octanol–water partition coefficient (Wildman–Crippen LogP) is -0.218. The number of nitrogens with one attached hydrogen (secondary N) is 1. The molecular weight excluding hydrogens is 280 g/mol. The molecule has 1 fully saturated rings. The topological polar surface area (TPSA) is 75.7 Å². The Balaban J connectivity index is 2.76. The van der Waals surface area contributed by atoms with Crippen LogP contribution in [0.1, 0.15) is 13.3 Å². The zero-order valence-electron chi connectivity index (χ0n) is 10.4. The third kappa shape index (κ3) is 4.08. The minimum absolute atomic E-state index is 0.0169. The second-order valence-corrected chi connectivity index (χ2v) is 6.42. The van der Waals surface area contributed by atoms with E-state index in [1.54, 1.807) is 0 Å². The van der Waals surface area contributed by atoms with E-state index in [0.717, 1.165) is 6.42 Å². The molecule has 0 radical (unpaired) electrons. The molecule has 1 N–H and O–H groups in total. The minimum Gasteiger partial charge on any atom is -0.378 e. The Morgan fingerprint density at radius 1 is 1.56 bits per heavy atom. The molecule has 1 amide bonds. The van der Waals surface area contributed by atoms with E-state index in [9.17, 15) is 13.2 Å². The van der Waals surface area contributed by atoms with Gasteiger partial charge < -0.3 is 10.1 Å². The molecule has 0 aromatic heterocycles. The Labute approximate surface area is 113 Å². The van der Waals surface area contributed by atoms with Gasteiger partial charge >= 0.3 is 0 Å². The van der Waals surface area contributed by atoms with E-state index in [2.05, 4.69) is 5.32 Å². The van der Waals surface area contributed by atoms with E-state index in [-0.39, 0.29) is 30.7 Å². The molecule has 0 aliphatic carbocycles. The van der Waals surface area contributed by atoms with E-state index in [4.69, 9.17) is 16.3 Å². The molecule has 6 nitrogen and oxygen atoms in total. The molecule has 0 aromatic carbocycles. The van der Waals surface area contributed by atoms with Crippen molar-refractivity contribution >= 4 is 27.5 Å². The first kappa shape index (κ1) is 15.7. The first-order chi connectivity index (χ1) is 8.53. The lowest BCUT2D eigenvalue weighted by molar-refractivity contribution is -0.129. The Morgan fingerprint density at radius 2 is 2.28 bits per heavy atom. The zero-order chi connectivity index (χ0) is 13.6. The van der Waals surface area contributed by atoms with Crippen LogP contribution >= 0.6 is 11.6 Å². The van der Waals surface area contributed by atoms with Crippen LogP contribution in [0.5, 0.6) is 0 Å². The van der Waals surface area contributed by atoms with E-state index in [1.807, 2.05) is 6.92 Å². The van der Waals surface area contributed by atoms with Crippen molar-refractivity contribution in [2.75, 3.05) is 37.9 Å². The molecule has 0 bridgehead atoms. The van der Waals surface area contributed by atoms with Crippen molar-refractivity contribution < 1.29 is 17.9 Å². The number of morpholine rings is 1. The highest BCUT2D eigenvalue weighted by molar-refractivity contribution is 7.89. The SMILES string of the molecule is CCCNC(=O)C1COCCN1S(=O)(=O)CCCl. The molecule has 1 unspecified atom stereocenters. The summed E-state index contributed by atoms with van der Waals surface area (Å²) in [7, 11) is -3.49.